The Labute approximate surface area is 208 Å². The van der Waals surface area contributed by atoms with Crippen LogP contribution in [-0.4, -0.2) is 31.9 Å². The highest BCUT2D eigenvalue weighted by Crippen LogP contribution is 2.49. The fourth-order valence-electron chi connectivity index (χ4n) is 5.57. The van der Waals surface area contributed by atoms with Gasteiger partial charge in [-0.05, 0) is 85.5 Å². The maximum atomic E-state index is 13.1. The molecule has 2 aromatic carbocycles. The lowest BCUT2D eigenvalue weighted by atomic mass is 9.70. The number of hydrogen-bond donors (Lipinski definition) is 1. The van der Waals surface area contributed by atoms with E-state index in [2.05, 4.69) is 5.32 Å². The number of rotatable bonds is 9. The highest BCUT2D eigenvalue weighted by molar-refractivity contribution is 7.92. The molecule has 0 spiro atoms. The van der Waals surface area contributed by atoms with Gasteiger partial charge in [-0.1, -0.05) is 60.8 Å². The second kappa shape index (κ2) is 9.66. The van der Waals surface area contributed by atoms with Crippen LogP contribution in [-0.2, 0) is 9.84 Å². The number of sulfone groups is 1. The molecule has 0 aliphatic heterocycles. The van der Waals surface area contributed by atoms with Crippen molar-refractivity contribution in [1.29, 1.82) is 0 Å². The van der Waals surface area contributed by atoms with Crippen LogP contribution in [0.3, 0.4) is 0 Å². The lowest BCUT2D eigenvalue weighted by Crippen LogP contribution is -2.43. The molecule has 4 nitrogen and oxygen atoms in total. The molecule has 3 fully saturated rings. The maximum absolute atomic E-state index is 13.1. The molecule has 0 bridgehead atoms. The zero-order valence-corrected chi connectivity index (χ0v) is 21.2. The first-order valence-electron chi connectivity index (χ1n) is 12.7. The lowest BCUT2D eigenvalue weighted by molar-refractivity contribution is 0.0895. The van der Waals surface area contributed by atoms with Gasteiger partial charge in [0.15, 0.2) is 9.84 Å². The van der Waals surface area contributed by atoms with Crippen molar-refractivity contribution in [2.45, 2.75) is 63.0 Å². The third-order valence-electron chi connectivity index (χ3n) is 8.03. The van der Waals surface area contributed by atoms with E-state index in [1.54, 1.807) is 6.07 Å². The van der Waals surface area contributed by atoms with Crippen LogP contribution in [0.25, 0.3) is 11.1 Å². The first-order valence-corrected chi connectivity index (χ1v) is 14.8. The summed E-state index contributed by atoms with van der Waals surface area (Å²) in [4.78, 5) is 13.1. The first-order chi connectivity index (χ1) is 16.3. The third kappa shape index (κ3) is 5.68. The minimum absolute atomic E-state index is 0.00111. The predicted octanol–water partition coefficient (Wildman–Crippen LogP) is 6.29. The summed E-state index contributed by atoms with van der Waals surface area (Å²) in [6.45, 7) is 0.592. The third-order valence-corrected chi connectivity index (χ3v) is 10.8. The molecule has 2 aromatic rings. The van der Waals surface area contributed by atoms with Gasteiger partial charge < -0.3 is 5.32 Å². The molecule has 0 unspecified atom stereocenters. The van der Waals surface area contributed by atoms with Gasteiger partial charge in [-0.2, -0.15) is 0 Å². The number of carbonyl (C=O) groups excluding carboxylic acids is 1. The second-order valence-electron chi connectivity index (χ2n) is 10.9. The fourth-order valence-corrected chi connectivity index (χ4v) is 8.05. The van der Waals surface area contributed by atoms with E-state index in [-0.39, 0.29) is 16.6 Å². The van der Waals surface area contributed by atoms with E-state index in [0.717, 1.165) is 62.0 Å². The van der Waals surface area contributed by atoms with Gasteiger partial charge in [0, 0.05) is 6.54 Å². The summed E-state index contributed by atoms with van der Waals surface area (Å²) < 4.78 is 25.6. The summed E-state index contributed by atoms with van der Waals surface area (Å²) in [7, 11) is -2.99. The minimum Gasteiger partial charge on any atom is -0.351 e. The average Bonchev–Trinajstić information content (AvgIpc) is 3.76. The quantitative estimate of drug-likeness (QED) is 0.441. The number of hydrogen-bond acceptors (Lipinski definition) is 3. The molecule has 0 saturated heterocycles. The number of nitrogens with one attached hydrogen (secondary N) is 1. The Morgan fingerprint density at radius 3 is 2.21 bits per heavy atom. The Balaban J connectivity index is 1.23. The SMILES string of the molecule is O=C(NCC1(CC2CC2)CCC(S(=O)(=O)CC2CC2)CC1)c1ccc(-c2ccccc2)cc1Cl. The van der Waals surface area contributed by atoms with Gasteiger partial charge >= 0.3 is 0 Å². The largest absolute Gasteiger partial charge is 0.351 e. The van der Waals surface area contributed by atoms with Crippen LogP contribution in [0.4, 0.5) is 0 Å². The van der Waals surface area contributed by atoms with Gasteiger partial charge in [-0.3, -0.25) is 4.79 Å². The van der Waals surface area contributed by atoms with Crippen molar-refractivity contribution in [3.63, 3.8) is 0 Å². The van der Waals surface area contributed by atoms with E-state index >= 15 is 0 Å². The highest BCUT2D eigenvalue weighted by Gasteiger charge is 2.43. The van der Waals surface area contributed by atoms with Crippen molar-refractivity contribution < 1.29 is 13.2 Å². The Morgan fingerprint density at radius 2 is 1.59 bits per heavy atom. The zero-order chi connectivity index (χ0) is 23.8. The van der Waals surface area contributed by atoms with E-state index in [4.69, 9.17) is 11.6 Å². The molecule has 0 aromatic heterocycles. The fraction of sp³-hybridized carbons (Fsp3) is 0.536. The van der Waals surface area contributed by atoms with Crippen LogP contribution in [0.2, 0.25) is 5.02 Å². The normalized spacial score (nSPS) is 25.1. The molecule has 34 heavy (non-hydrogen) atoms. The van der Waals surface area contributed by atoms with Crippen LogP contribution >= 0.6 is 11.6 Å². The van der Waals surface area contributed by atoms with E-state index in [1.807, 2.05) is 42.5 Å². The Hall–Kier alpha value is -1.85. The molecule has 3 saturated carbocycles. The smallest absolute Gasteiger partial charge is 0.252 e. The van der Waals surface area contributed by atoms with Gasteiger partial charge in [-0.25, -0.2) is 8.42 Å². The molecule has 0 heterocycles. The molecule has 6 heteroatoms. The van der Waals surface area contributed by atoms with Crippen LogP contribution in [0, 0.1) is 17.3 Å². The molecule has 182 valence electrons. The van der Waals surface area contributed by atoms with Crippen LogP contribution < -0.4 is 5.32 Å². The molecular weight excluding hydrogens is 466 g/mol. The number of carbonyl (C=O) groups is 1. The monoisotopic (exact) mass is 499 g/mol. The van der Waals surface area contributed by atoms with E-state index in [9.17, 15) is 13.2 Å². The predicted molar refractivity (Wildman–Crippen MR) is 138 cm³/mol. The average molecular weight is 500 g/mol. The molecule has 3 aliphatic carbocycles. The van der Waals surface area contributed by atoms with Crippen LogP contribution in [0.1, 0.15) is 68.1 Å². The van der Waals surface area contributed by atoms with Gasteiger partial charge in [0.05, 0.1) is 21.6 Å². The molecule has 0 radical (unpaired) electrons. The first kappa shape index (κ1) is 23.9. The van der Waals surface area contributed by atoms with Gasteiger partial charge in [0.25, 0.3) is 5.91 Å². The van der Waals surface area contributed by atoms with Crippen molar-refractivity contribution in [3.8, 4) is 11.1 Å². The maximum Gasteiger partial charge on any atom is 0.252 e. The van der Waals surface area contributed by atoms with Crippen molar-refractivity contribution in [2.24, 2.45) is 17.3 Å². The topological polar surface area (TPSA) is 63.2 Å². The summed E-state index contributed by atoms with van der Waals surface area (Å²) in [5.74, 6) is 1.36. The molecule has 1 amide bonds. The van der Waals surface area contributed by atoms with E-state index in [0.29, 0.717) is 28.8 Å². The second-order valence-corrected chi connectivity index (χ2v) is 13.6. The standard InChI is InChI=1S/C28H34ClNO3S/c29-26-16-23(22-4-2-1-3-5-22)10-11-25(26)27(31)30-19-28(17-20-6-7-20)14-12-24(13-15-28)34(32,33)18-21-8-9-21/h1-5,10-11,16,20-21,24H,6-9,12-15,17-19H2,(H,30,31). The van der Waals surface area contributed by atoms with Crippen molar-refractivity contribution in [2.75, 3.05) is 12.3 Å². The number of halogens is 1. The molecular formula is C28H34ClNO3S. The summed E-state index contributed by atoms with van der Waals surface area (Å²) in [5, 5.41) is 3.42. The summed E-state index contributed by atoms with van der Waals surface area (Å²) in [6.07, 6.45) is 8.93. The molecule has 3 aliphatic rings. The Morgan fingerprint density at radius 1 is 0.912 bits per heavy atom. The summed E-state index contributed by atoms with van der Waals surface area (Å²) >= 11 is 6.51. The van der Waals surface area contributed by atoms with Crippen LogP contribution in [0.15, 0.2) is 48.5 Å². The summed E-state index contributed by atoms with van der Waals surface area (Å²) in [6, 6.07) is 15.6. The summed E-state index contributed by atoms with van der Waals surface area (Å²) in [5.41, 5.74) is 2.54. The van der Waals surface area contributed by atoms with Crippen LogP contribution in [0.5, 0.6) is 0 Å². The van der Waals surface area contributed by atoms with Crippen molar-refractivity contribution >= 4 is 27.3 Å². The molecule has 1 N–H and O–H groups in total. The number of benzene rings is 2. The van der Waals surface area contributed by atoms with Gasteiger partial charge in [0.2, 0.25) is 0 Å². The van der Waals surface area contributed by atoms with Gasteiger partial charge in [0.1, 0.15) is 0 Å². The molecule has 0 atom stereocenters. The highest BCUT2D eigenvalue weighted by atomic mass is 35.5. The Kier molecular flexibility index (Phi) is 6.78. The van der Waals surface area contributed by atoms with E-state index < -0.39 is 9.84 Å². The number of amides is 1. The zero-order valence-electron chi connectivity index (χ0n) is 19.6. The van der Waals surface area contributed by atoms with Crippen molar-refractivity contribution in [1.82, 2.24) is 5.32 Å². The Bertz CT molecular complexity index is 1130. The van der Waals surface area contributed by atoms with Crippen molar-refractivity contribution in [3.05, 3.63) is 59.1 Å². The lowest BCUT2D eigenvalue weighted by Gasteiger charge is -2.40. The van der Waals surface area contributed by atoms with Gasteiger partial charge in [-0.15, -0.1) is 0 Å². The molecule has 5 rings (SSSR count). The van der Waals surface area contributed by atoms with E-state index in [1.165, 1.54) is 12.8 Å². The minimum atomic E-state index is -2.99.